The number of piperidine rings is 1. The number of nitrogens with one attached hydrogen (secondary N) is 2. The van der Waals surface area contributed by atoms with Crippen LogP contribution in [0.15, 0.2) is 53.6 Å². The highest BCUT2D eigenvalue weighted by atomic mass is 32.1. The van der Waals surface area contributed by atoms with Crippen LogP contribution in [0.5, 0.6) is 0 Å². The Hall–Kier alpha value is -3.26. The number of para-hydroxylation sites is 1. The molecule has 2 aliphatic rings. The molecule has 3 amide bonds. The summed E-state index contributed by atoms with van der Waals surface area (Å²) in [6.07, 6.45) is 11.7. The van der Waals surface area contributed by atoms with Crippen LogP contribution in [0, 0.1) is 0 Å². The number of hydrogen-bond donors (Lipinski definition) is 2. The zero-order valence-electron chi connectivity index (χ0n) is 19.8. The second-order valence-electron chi connectivity index (χ2n) is 9.26. The molecule has 8 heteroatoms. The van der Waals surface area contributed by atoms with Crippen molar-refractivity contribution in [3.63, 3.8) is 0 Å². The first-order chi connectivity index (χ1) is 17.2. The zero-order chi connectivity index (χ0) is 24.0. The molecule has 0 saturated carbocycles. The quantitative estimate of drug-likeness (QED) is 0.433. The lowest BCUT2D eigenvalue weighted by atomic mass is 9.97. The first-order valence-electron chi connectivity index (χ1n) is 12.5. The van der Waals surface area contributed by atoms with Gasteiger partial charge in [-0.15, -0.1) is 11.3 Å². The summed E-state index contributed by atoms with van der Waals surface area (Å²) in [7, 11) is 0. The van der Waals surface area contributed by atoms with E-state index in [0.717, 1.165) is 35.2 Å². The Morgan fingerprint density at radius 2 is 1.97 bits per heavy atom. The van der Waals surface area contributed by atoms with Gasteiger partial charge in [-0.25, -0.2) is 9.78 Å². The molecular formula is C27H31N5O2S. The molecule has 2 aromatic heterocycles. The van der Waals surface area contributed by atoms with E-state index in [1.54, 1.807) is 6.20 Å². The summed E-state index contributed by atoms with van der Waals surface area (Å²) >= 11 is 1.53. The molecule has 3 aromatic rings. The van der Waals surface area contributed by atoms with Crippen molar-refractivity contribution in [3.8, 4) is 0 Å². The minimum Gasteiger partial charge on any atom is -0.338 e. The molecule has 1 aromatic carbocycles. The third kappa shape index (κ3) is 5.70. The number of urea groups is 1. The van der Waals surface area contributed by atoms with Crippen LogP contribution in [0.3, 0.4) is 0 Å². The number of carbonyl (C=O) groups excluding carboxylic acids is 2. The van der Waals surface area contributed by atoms with E-state index in [4.69, 9.17) is 0 Å². The highest BCUT2D eigenvalue weighted by molar-refractivity contribution is 7.10. The van der Waals surface area contributed by atoms with Gasteiger partial charge in [0.05, 0.1) is 16.2 Å². The van der Waals surface area contributed by atoms with Crippen molar-refractivity contribution in [2.24, 2.45) is 0 Å². The predicted octanol–water partition coefficient (Wildman–Crippen LogP) is 5.72. The summed E-state index contributed by atoms with van der Waals surface area (Å²) in [5.74, 6) is 0.0489. The number of anilines is 1. The number of hydrogen-bond acceptors (Lipinski definition) is 5. The van der Waals surface area contributed by atoms with Gasteiger partial charge >= 0.3 is 6.03 Å². The molecule has 1 fully saturated rings. The van der Waals surface area contributed by atoms with Crippen molar-refractivity contribution < 1.29 is 9.59 Å². The molecule has 0 radical (unpaired) electrons. The number of likely N-dealkylation sites (tertiary alicyclic amines) is 1. The maximum Gasteiger partial charge on any atom is 0.317 e. The predicted molar refractivity (Wildman–Crippen MR) is 140 cm³/mol. The Morgan fingerprint density at radius 1 is 1.11 bits per heavy atom. The van der Waals surface area contributed by atoms with Crippen LogP contribution in [0.25, 0.3) is 10.9 Å². The van der Waals surface area contributed by atoms with Crippen LogP contribution in [-0.2, 0) is 0 Å². The number of carbonyl (C=O) groups is 2. The third-order valence-corrected chi connectivity index (χ3v) is 7.88. The van der Waals surface area contributed by atoms with Gasteiger partial charge in [-0.2, -0.15) is 0 Å². The van der Waals surface area contributed by atoms with E-state index >= 15 is 0 Å². The second kappa shape index (κ2) is 11.0. The van der Waals surface area contributed by atoms with Gasteiger partial charge in [0, 0.05) is 42.5 Å². The highest BCUT2D eigenvalue weighted by Crippen LogP contribution is 2.31. The molecule has 1 aliphatic heterocycles. The Bertz CT molecular complexity index is 1220. The molecular weight excluding hydrogens is 458 g/mol. The van der Waals surface area contributed by atoms with Gasteiger partial charge in [0.15, 0.2) is 0 Å². The van der Waals surface area contributed by atoms with Crippen molar-refractivity contribution in [2.45, 2.75) is 50.9 Å². The van der Waals surface area contributed by atoms with E-state index in [1.807, 2.05) is 40.6 Å². The van der Waals surface area contributed by atoms with Crippen molar-refractivity contribution in [1.82, 2.24) is 20.2 Å². The van der Waals surface area contributed by atoms with E-state index in [9.17, 15) is 9.59 Å². The molecule has 1 aliphatic carbocycles. The van der Waals surface area contributed by atoms with E-state index in [-0.39, 0.29) is 17.9 Å². The lowest BCUT2D eigenvalue weighted by Gasteiger charge is -2.31. The number of thiazole rings is 1. The van der Waals surface area contributed by atoms with Gasteiger partial charge in [-0.3, -0.25) is 9.78 Å². The third-order valence-electron chi connectivity index (χ3n) is 6.87. The van der Waals surface area contributed by atoms with Crippen LogP contribution >= 0.6 is 11.3 Å². The standard InChI is InChI=1S/C27H31N5O2S/c33-25(30-22-10-4-8-20-9-5-14-28-24(20)22)23-18-35-26(31-23)21-12-16-32(17-13-21)27(34)29-15-11-19-6-2-1-3-7-19/h4-6,8-10,14,18,21H,1-3,7,11-13,15-17H2,(H,29,34)(H,30,33). The molecule has 3 heterocycles. The SMILES string of the molecule is O=C(Nc1cccc2cccnc12)c1csc(C2CCN(C(=O)NCCC3=CCCCC3)CC2)n1. The molecule has 0 atom stereocenters. The Labute approximate surface area is 209 Å². The lowest BCUT2D eigenvalue weighted by Crippen LogP contribution is -2.44. The Balaban J connectivity index is 1.12. The largest absolute Gasteiger partial charge is 0.338 e. The van der Waals surface area contributed by atoms with Crippen molar-refractivity contribution >= 4 is 39.9 Å². The molecule has 0 spiro atoms. The van der Waals surface area contributed by atoms with Gasteiger partial charge in [0.2, 0.25) is 0 Å². The maximum absolute atomic E-state index is 12.9. The molecule has 182 valence electrons. The number of pyridine rings is 1. The van der Waals surface area contributed by atoms with Gasteiger partial charge in [-0.1, -0.05) is 29.8 Å². The van der Waals surface area contributed by atoms with Crippen LogP contribution in [0.1, 0.15) is 66.4 Å². The fraction of sp³-hybridized carbons (Fsp3) is 0.407. The molecule has 7 nitrogen and oxygen atoms in total. The first kappa shape index (κ1) is 23.5. The fourth-order valence-corrected chi connectivity index (χ4v) is 5.85. The molecule has 35 heavy (non-hydrogen) atoms. The highest BCUT2D eigenvalue weighted by Gasteiger charge is 2.26. The van der Waals surface area contributed by atoms with E-state index in [2.05, 4.69) is 26.7 Å². The molecule has 0 bridgehead atoms. The summed E-state index contributed by atoms with van der Waals surface area (Å²) < 4.78 is 0. The van der Waals surface area contributed by atoms with Crippen molar-refractivity contribution in [3.05, 3.63) is 64.3 Å². The minimum absolute atomic E-state index is 0.0303. The topological polar surface area (TPSA) is 87.2 Å². The number of aromatic nitrogens is 2. The Morgan fingerprint density at radius 3 is 2.80 bits per heavy atom. The van der Waals surface area contributed by atoms with Gasteiger partial charge < -0.3 is 15.5 Å². The van der Waals surface area contributed by atoms with Crippen LogP contribution in [0.2, 0.25) is 0 Å². The summed E-state index contributed by atoms with van der Waals surface area (Å²) in [5, 5.41) is 9.81. The molecule has 0 unspecified atom stereocenters. The summed E-state index contributed by atoms with van der Waals surface area (Å²) in [4.78, 5) is 36.4. The summed E-state index contributed by atoms with van der Waals surface area (Å²) in [6, 6.07) is 9.62. The molecule has 1 saturated heterocycles. The number of amides is 3. The van der Waals surface area contributed by atoms with Crippen molar-refractivity contribution in [2.75, 3.05) is 25.0 Å². The maximum atomic E-state index is 12.9. The fourth-order valence-electron chi connectivity index (χ4n) is 4.87. The summed E-state index contributed by atoms with van der Waals surface area (Å²) in [5.41, 5.74) is 3.35. The average Bonchev–Trinajstić information content (AvgIpc) is 3.40. The number of fused-ring (bicyclic) bond motifs is 1. The number of rotatable bonds is 6. The van der Waals surface area contributed by atoms with Crippen LogP contribution < -0.4 is 10.6 Å². The van der Waals surface area contributed by atoms with E-state index in [1.165, 1.54) is 42.6 Å². The smallest absolute Gasteiger partial charge is 0.317 e. The van der Waals surface area contributed by atoms with Crippen LogP contribution in [-0.4, -0.2) is 46.4 Å². The van der Waals surface area contributed by atoms with Crippen LogP contribution in [0.4, 0.5) is 10.5 Å². The average molecular weight is 490 g/mol. The van der Waals surface area contributed by atoms with Crippen molar-refractivity contribution in [1.29, 1.82) is 0 Å². The lowest BCUT2D eigenvalue weighted by molar-refractivity contribution is 0.102. The minimum atomic E-state index is -0.226. The molecule has 2 N–H and O–H groups in total. The van der Waals surface area contributed by atoms with Gasteiger partial charge in [0.1, 0.15) is 5.69 Å². The molecule has 5 rings (SSSR count). The number of allylic oxidation sites excluding steroid dienone is 1. The zero-order valence-corrected chi connectivity index (χ0v) is 20.7. The normalized spacial score (nSPS) is 16.7. The van der Waals surface area contributed by atoms with E-state index < -0.39 is 0 Å². The monoisotopic (exact) mass is 489 g/mol. The first-order valence-corrected chi connectivity index (χ1v) is 13.4. The Kier molecular flexibility index (Phi) is 7.37. The van der Waals surface area contributed by atoms with Gasteiger partial charge in [0.25, 0.3) is 5.91 Å². The second-order valence-corrected chi connectivity index (χ2v) is 10.1. The van der Waals surface area contributed by atoms with Gasteiger partial charge in [-0.05, 0) is 57.1 Å². The number of nitrogens with zero attached hydrogens (tertiary/aromatic N) is 3. The van der Waals surface area contributed by atoms with E-state index in [0.29, 0.717) is 31.0 Å². The summed E-state index contributed by atoms with van der Waals surface area (Å²) in [6.45, 7) is 2.13. The number of benzene rings is 1.